The third kappa shape index (κ3) is 3.19. The number of hydrogen-bond acceptors (Lipinski definition) is 3. The summed E-state index contributed by atoms with van der Waals surface area (Å²) >= 11 is 3.39. The van der Waals surface area contributed by atoms with Crippen molar-refractivity contribution < 1.29 is 9.53 Å². The first kappa shape index (κ1) is 15.5. The van der Waals surface area contributed by atoms with Gasteiger partial charge in [0.15, 0.2) is 0 Å². The highest BCUT2D eigenvalue weighted by molar-refractivity contribution is 9.10. The van der Waals surface area contributed by atoms with Crippen LogP contribution in [0.2, 0.25) is 0 Å². The number of halogens is 1. The summed E-state index contributed by atoms with van der Waals surface area (Å²) in [5.41, 5.74) is 1.53. The molecule has 2 aromatic rings. The molecule has 0 spiro atoms. The van der Waals surface area contributed by atoms with Crippen LogP contribution in [0.15, 0.2) is 23.1 Å². The second kappa shape index (κ2) is 5.69. The van der Waals surface area contributed by atoms with Crippen LogP contribution in [-0.4, -0.2) is 21.2 Å². The molecule has 0 radical (unpaired) electrons. The van der Waals surface area contributed by atoms with Gasteiger partial charge in [-0.05, 0) is 60.7 Å². The van der Waals surface area contributed by atoms with Gasteiger partial charge in [-0.25, -0.2) is 9.78 Å². The molecule has 0 atom stereocenters. The molecule has 0 saturated heterocycles. The smallest absolute Gasteiger partial charge is 0.419 e. The zero-order valence-electron chi connectivity index (χ0n) is 13.2. The summed E-state index contributed by atoms with van der Waals surface area (Å²) in [4.78, 5) is 16.8. The standard InChI is InChI=1S/C17H21BrN2O2/c1-17(2,3)22-16(21)20-10-12(7-11-5-4-6-11)13-9-19-15(18)8-14(13)20/h8-11H,4-7H2,1-3H3. The van der Waals surface area contributed by atoms with Crippen LogP contribution in [0.1, 0.15) is 45.6 Å². The SMILES string of the molecule is CC(C)(C)OC(=O)n1cc(CC2CCC2)c2cnc(Br)cc21. The molecule has 0 unspecified atom stereocenters. The average Bonchev–Trinajstić information content (AvgIpc) is 2.70. The van der Waals surface area contributed by atoms with Crippen molar-refractivity contribution in [2.75, 3.05) is 0 Å². The first-order valence-corrected chi connectivity index (χ1v) is 8.51. The lowest BCUT2D eigenvalue weighted by atomic mass is 9.81. The number of nitrogens with zero attached hydrogens (tertiary/aromatic N) is 2. The van der Waals surface area contributed by atoms with Gasteiger partial charge in [-0.3, -0.25) is 4.57 Å². The zero-order chi connectivity index (χ0) is 15.9. The summed E-state index contributed by atoms with van der Waals surface area (Å²) in [5, 5.41) is 1.04. The van der Waals surface area contributed by atoms with Crippen molar-refractivity contribution in [2.24, 2.45) is 5.92 Å². The van der Waals surface area contributed by atoms with Gasteiger partial charge in [-0.15, -0.1) is 0 Å². The molecule has 0 aromatic carbocycles. The van der Waals surface area contributed by atoms with E-state index in [1.807, 2.05) is 39.2 Å². The van der Waals surface area contributed by atoms with E-state index in [2.05, 4.69) is 20.9 Å². The van der Waals surface area contributed by atoms with E-state index in [0.717, 1.165) is 27.8 Å². The van der Waals surface area contributed by atoms with E-state index in [0.29, 0.717) is 0 Å². The quantitative estimate of drug-likeness (QED) is 0.710. The fraction of sp³-hybridized carbons (Fsp3) is 0.529. The van der Waals surface area contributed by atoms with E-state index >= 15 is 0 Å². The Balaban J connectivity index is 2.00. The van der Waals surface area contributed by atoms with Crippen molar-refractivity contribution in [1.82, 2.24) is 9.55 Å². The highest BCUT2D eigenvalue weighted by Gasteiger charge is 2.24. The summed E-state index contributed by atoms with van der Waals surface area (Å²) in [7, 11) is 0. The topological polar surface area (TPSA) is 44.1 Å². The summed E-state index contributed by atoms with van der Waals surface area (Å²) in [6.07, 6.45) is 8.32. The summed E-state index contributed by atoms with van der Waals surface area (Å²) in [5.74, 6) is 0.737. The van der Waals surface area contributed by atoms with Crippen LogP contribution >= 0.6 is 15.9 Å². The monoisotopic (exact) mass is 364 g/mol. The maximum absolute atomic E-state index is 12.5. The van der Waals surface area contributed by atoms with Gasteiger partial charge in [0.25, 0.3) is 0 Å². The minimum atomic E-state index is -0.508. The van der Waals surface area contributed by atoms with Gasteiger partial charge < -0.3 is 4.74 Å². The minimum absolute atomic E-state index is 0.338. The molecule has 0 aliphatic heterocycles. The molecule has 1 fully saturated rings. The summed E-state index contributed by atoms with van der Waals surface area (Å²) < 4.78 is 7.85. The Kier molecular flexibility index (Phi) is 4.02. The molecule has 1 aliphatic carbocycles. The second-order valence-electron chi connectivity index (χ2n) is 7.03. The fourth-order valence-corrected chi connectivity index (χ4v) is 3.11. The van der Waals surface area contributed by atoms with Gasteiger partial charge in [0, 0.05) is 17.8 Å². The molecule has 0 N–H and O–H groups in total. The summed E-state index contributed by atoms with van der Waals surface area (Å²) in [6.45, 7) is 5.63. The van der Waals surface area contributed by atoms with Gasteiger partial charge >= 0.3 is 6.09 Å². The Morgan fingerprint density at radius 3 is 2.77 bits per heavy atom. The Morgan fingerprint density at radius 2 is 2.18 bits per heavy atom. The highest BCUT2D eigenvalue weighted by Crippen LogP contribution is 2.33. The molecule has 2 heterocycles. The van der Waals surface area contributed by atoms with Gasteiger partial charge in [0.1, 0.15) is 10.2 Å². The van der Waals surface area contributed by atoms with E-state index in [1.165, 1.54) is 24.8 Å². The molecule has 0 amide bonds. The van der Waals surface area contributed by atoms with Crippen molar-refractivity contribution in [1.29, 1.82) is 0 Å². The lowest BCUT2D eigenvalue weighted by Crippen LogP contribution is -2.26. The van der Waals surface area contributed by atoms with Gasteiger partial charge in [-0.2, -0.15) is 0 Å². The van der Waals surface area contributed by atoms with Gasteiger partial charge in [-0.1, -0.05) is 19.3 Å². The third-order valence-electron chi connectivity index (χ3n) is 4.06. The van der Waals surface area contributed by atoms with E-state index in [-0.39, 0.29) is 6.09 Å². The van der Waals surface area contributed by atoms with Crippen molar-refractivity contribution in [3.05, 3.63) is 28.6 Å². The Labute approximate surface area is 139 Å². The second-order valence-corrected chi connectivity index (χ2v) is 7.84. The van der Waals surface area contributed by atoms with Crippen molar-refractivity contribution in [3.8, 4) is 0 Å². The van der Waals surface area contributed by atoms with Gasteiger partial charge in [0.2, 0.25) is 0 Å². The number of ether oxygens (including phenoxy) is 1. The third-order valence-corrected chi connectivity index (χ3v) is 4.50. The van der Waals surface area contributed by atoms with E-state index < -0.39 is 5.60 Å². The van der Waals surface area contributed by atoms with Gasteiger partial charge in [0.05, 0.1) is 5.52 Å². The number of aromatic nitrogens is 2. The number of carbonyl (C=O) groups is 1. The Bertz CT molecular complexity index is 711. The number of fused-ring (bicyclic) bond motifs is 1. The van der Waals surface area contributed by atoms with Crippen molar-refractivity contribution in [2.45, 2.75) is 52.1 Å². The number of carbonyl (C=O) groups excluding carboxylic acids is 1. The largest absolute Gasteiger partial charge is 0.443 e. The first-order chi connectivity index (χ1) is 10.3. The molecule has 22 heavy (non-hydrogen) atoms. The lowest BCUT2D eigenvalue weighted by Gasteiger charge is -2.24. The van der Waals surface area contributed by atoms with Crippen LogP contribution in [0.5, 0.6) is 0 Å². The minimum Gasteiger partial charge on any atom is -0.443 e. The molecule has 1 saturated carbocycles. The van der Waals surface area contributed by atoms with Crippen LogP contribution < -0.4 is 0 Å². The van der Waals surface area contributed by atoms with Crippen molar-refractivity contribution in [3.63, 3.8) is 0 Å². The lowest BCUT2D eigenvalue weighted by molar-refractivity contribution is 0.0544. The first-order valence-electron chi connectivity index (χ1n) is 7.72. The predicted octanol–water partition coefficient (Wildman–Crippen LogP) is 4.92. The van der Waals surface area contributed by atoms with Crippen LogP contribution in [0.3, 0.4) is 0 Å². The number of rotatable bonds is 2. The molecule has 118 valence electrons. The fourth-order valence-electron chi connectivity index (χ4n) is 2.79. The molecule has 2 aromatic heterocycles. The molecule has 5 heteroatoms. The van der Waals surface area contributed by atoms with Crippen LogP contribution in [0.4, 0.5) is 4.79 Å². The van der Waals surface area contributed by atoms with E-state index in [4.69, 9.17) is 4.74 Å². The van der Waals surface area contributed by atoms with E-state index in [9.17, 15) is 4.79 Å². The predicted molar refractivity (Wildman–Crippen MR) is 90.1 cm³/mol. The molecule has 4 nitrogen and oxygen atoms in total. The number of pyridine rings is 1. The highest BCUT2D eigenvalue weighted by atomic mass is 79.9. The molecular weight excluding hydrogens is 344 g/mol. The Hall–Kier alpha value is -1.36. The summed E-state index contributed by atoms with van der Waals surface area (Å²) in [6, 6.07) is 1.88. The molecule has 0 bridgehead atoms. The normalized spacial score (nSPS) is 15.8. The van der Waals surface area contributed by atoms with Crippen LogP contribution in [-0.2, 0) is 11.2 Å². The van der Waals surface area contributed by atoms with Crippen LogP contribution in [0, 0.1) is 5.92 Å². The molecule has 1 aliphatic rings. The van der Waals surface area contributed by atoms with Crippen LogP contribution in [0.25, 0.3) is 10.9 Å². The molecule has 3 rings (SSSR count). The van der Waals surface area contributed by atoms with E-state index in [1.54, 1.807) is 4.57 Å². The maximum Gasteiger partial charge on any atom is 0.419 e. The Morgan fingerprint density at radius 1 is 1.45 bits per heavy atom. The average molecular weight is 365 g/mol. The zero-order valence-corrected chi connectivity index (χ0v) is 14.8. The number of hydrogen-bond donors (Lipinski definition) is 0. The van der Waals surface area contributed by atoms with Crippen molar-refractivity contribution >= 4 is 32.9 Å². The molecular formula is C17H21BrN2O2. The maximum atomic E-state index is 12.5.